The monoisotopic (exact) mass is 508 g/mol. The van der Waals surface area contributed by atoms with Gasteiger partial charge in [-0.25, -0.2) is 9.59 Å². The maximum atomic E-state index is 12.8. The van der Waals surface area contributed by atoms with Crippen LogP contribution in [0.3, 0.4) is 0 Å². The Morgan fingerprint density at radius 1 is 0.838 bits per heavy atom. The lowest BCUT2D eigenvalue weighted by Crippen LogP contribution is -2.48. The predicted molar refractivity (Wildman–Crippen MR) is 131 cm³/mol. The van der Waals surface area contributed by atoms with Crippen molar-refractivity contribution in [2.45, 2.75) is 31.7 Å². The standard InChI is InChI=1S/C28H28O9/c1-19(29)36-24(18-35-27(32)21-13-7-3-8-14-21)25(37-28(33)22-15-9-4-10-16-22)23(30)17-34-26(31)20-11-5-2-6-12-20/h2-13,15-16,21,23-25,30H,14,17-18H2,1H3. The molecule has 0 aromatic heterocycles. The Hall–Kier alpha value is -4.24. The minimum Gasteiger partial charge on any atom is -0.461 e. The molecule has 3 rings (SSSR count). The van der Waals surface area contributed by atoms with Crippen LogP contribution in [-0.4, -0.2) is 60.5 Å². The molecule has 2 aromatic rings. The zero-order valence-electron chi connectivity index (χ0n) is 20.2. The van der Waals surface area contributed by atoms with Crippen LogP contribution in [0.1, 0.15) is 34.1 Å². The number of ether oxygens (including phenoxy) is 4. The molecular formula is C28H28O9. The van der Waals surface area contributed by atoms with Gasteiger partial charge < -0.3 is 24.1 Å². The van der Waals surface area contributed by atoms with Crippen LogP contribution in [0.2, 0.25) is 0 Å². The van der Waals surface area contributed by atoms with Crippen molar-refractivity contribution < 1.29 is 43.2 Å². The third kappa shape index (κ3) is 8.43. The van der Waals surface area contributed by atoms with Crippen molar-refractivity contribution in [3.63, 3.8) is 0 Å². The molecular weight excluding hydrogens is 480 g/mol. The van der Waals surface area contributed by atoms with Crippen LogP contribution < -0.4 is 0 Å². The molecule has 1 aliphatic carbocycles. The molecule has 0 fully saturated rings. The Morgan fingerprint density at radius 2 is 1.46 bits per heavy atom. The Labute approximate surface area is 214 Å². The van der Waals surface area contributed by atoms with Gasteiger partial charge in [0.1, 0.15) is 19.3 Å². The van der Waals surface area contributed by atoms with Crippen molar-refractivity contribution in [1.29, 1.82) is 0 Å². The fourth-order valence-electron chi connectivity index (χ4n) is 3.52. The van der Waals surface area contributed by atoms with Gasteiger partial charge in [0.15, 0.2) is 12.2 Å². The number of rotatable bonds is 11. The van der Waals surface area contributed by atoms with Crippen molar-refractivity contribution in [2.75, 3.05) is 13.2 Å². The number of aliphatic hydroxyl groups is 1. The minimum atomic E-state index is -1.61. The van der Waals surface area contributed by atoms with Crippen molar-refractivity contribution in [2.24, 2.45) is 5.92 Å². The first kappa shape index (κ1) is 27.3. The Bertz CT molecular complexity index is 1120. The number of allylic oxidation sites excluding steroid dienone is 3. The van der Waals surface area contributed by atoms with Gasteiger partial charge in [0.2, 0.25) is 0 Å². The van der Waals surface area contributed by atoms with E-state index in [-0.39, 0.29) is 11.1 Å². The largest absolute Gasteiger partial charge is 0.461 e. The molecule has 0 radical (unpaired) electrons. The topological polar surface area (TPSA) is 125 Å². The Morgan fingerprint density at radius 3 is 2.03 bits per heavy atom. The van der Waals surface area contributed by atoms with Crippen molar-refractivity contribution in [3.8, 4) is 0 Å². The van der Waals surface area contributed by atoms with Gasteiger partial charge in [-0.1, -0.05) is 60.7 Å². The highest BCUT2D eigenvalue weighted by molar-refractivity contribution is 5.90. The summed E-state index contributed by atoms with van der Waals surface area (Å²) in [7, 11) is 0. The molecule has 0 aliphatic heterocycles. The van der Waals surface area contributed by atoms with Gasteiger partial charge in [0, 0.05) is 6.92 Å². The van der Waals surface area contributed by atoms with Crippen LogP contribution in [0.25, 0.3) is 0 Å². The maximum Gasteiger partial charge on any atom is 0.338 e. The molecule has 0 bridgehead atoms. The lowest BCUT2D eigenvalue weighted by molar-refractivity contribution is -0.173. The van der Waals surface area contributed by atoms with E-state index in [2.05, 4.69) is 0 Å². The SMILES string of the molecule is CC(=O)OC(COC(=O)C1C=CC=CC1)C(OC(=O)c1ccccc1)C(O)COC(=O)c1ccccc1. The average molecular weight is 509 g/mol. The molecule has 1 aliphatic rings. The molecule has 2 aromatic carbocycles. The first-order valence-corrected chi connectivity index (χ1v) is 11.7. The molecule has 1 N–H and O–H groups in total. The third-order valence-electron chi connectivity index (χ3n) is 5.38. The zero-order chi connectivity index (χ0) is 26.6. The predicted octanol–water partition coefficient (Wildman–Crippen LogP) is 3.04. The summed E-state index contributed by atoms with van der Waals surface area (Å²) in [5.74, 6) is -3.38. The summed E-state index contributed by atoms with van der Waals surface area (Å²) >= 11 is 0. The second-order valence-corrected chi connectivity index (χ2v) is 8.20. The second-order valence-electron chi connectivity index (χ2n) is 8.20. The first-order valence-electron chi connectivity index (χ1n) is 11.7. The second kappa shape index (κ2) is 13.7. The number of esters is 4. The fourth-order valence-corrected chi connectivity index (χ4v) is 3.52. The number of benzene rings is 2. The number of hydrogen-bond acceptors (Lipinski definition) is 9. The first-order chi connectivity index (χ1) is 17.8. The summed E-state index contributed by atoms with van der Waals surface area (Å²) in [6, 6.07) is 16.1. The normalized spacial score (nSPS) is 16.6. The summed E-state index contributed by atoms with van der Waals surface area (Å²) in [5, 5.41) is 10.9. The fraction of sp³-hybridized carbons (Fsp3) is 0.286. The number of carbonyl (C=O) groups is 4. The third-order valence-corrected chi connectivity index (χ3v) is 5.38. The summed E-state index contributed by atoms with van der Waals surface area (Å²) < 4.78 is 21.3. The van der Waals surface area contributed by atoms with Crippen molar-refractivity contribution >= 4 is 23.9 Å². The molecule has 194 valence electrons. The van der Waals surface area contributed by atoms with Gasteiger partial charge >= 0.3 is 23.9 Å². The Kier molecular flexibility index (Phi) is 10.2. The molecule has 0 saturated heterocycles. The van der Waals surface area contributed by atoms with Crippen LogP contribution >= 0.6 is 0 Å². The zero-order valence-corrected chi connectivity index (χ0v) is 20.2. The Balaban J connectivity index is 1.76. The molecule has 4 unspecified atom stereocenters. The molecule has 9 nitrogen and oxygen atoms in total. The number of carbonyl (C=O) groups excluding carboxylic acids is 4. The van der Waals surface area contributed by atoms with Gasteiger partial charge in [-0.2, -0.15) is 0 Å². The van der Waals surface area contributed by atoms with Crippen LogP contribution in [0, 0.1) is 5.92 Å². The quantitative estimate of drug-likeness (QED) is 0.360. The van der Waals surface area contributed by atoms with Crippen LogP contribution in [0.4, 0.5) is 0 Å². The summed E-state index contributed by atoms with van der Waals surface area (Å²) in [5.41, 5.74) is 0.436. The summed E-state index contributed by atoms with van der Waals surface area (Å²) in [4.78, 5) is 49.5. The van der Waals surface area contributed by atoms with E-state index in [1.807, 2.05) is 6.08 Å². The summed E-state index contributed by atoms with van der Waals surface area (Å²) in [6.45, 7) is 0.0482. The number of hydrogen-bond donors (Lipinski definition) is 1. The van der Waals surface area contributed by atoms with Gasteiger partial charge in [-0.15, -0.1) is 0 Å². The highest BCUT2D eigenvalue weighted by Crippen LogP contribution is 2.18. The molecule has 9 heteroatoms. The maximum absolute atomic E-state index is 12.8. The molecule has 0 heterocycles. The van der Waals surface area contributed by atoms with E-state index in [0.717, 1.165) is 6.92 Å². The molecule has 0 spiro atoms. The minimum absolute atomic E-state index is 0.179. The van der Waals surface area contributed by atoms with E-state index in [9.17, 15) is 24.3 Å². The van der Waals surface area contributed by atoms with Gasteiger partial charge in [-0.05, 0) is 30.7 Å². The highest BCUT2D eigenvalue weighted by Gasteiger charge is 2.37. The van der Waals surface area contributed by atoms with Gasteiger partial charge in [0.05, 0.1) is 17.0 Å². The number of aliphatic hydroxyl groups excluding tert-OH is 1. The van der Waals surface area contributed by atoms with Crippen LogP contribution in [0.5, 0.6) is 0 Å². The van der Waals surface area contributed by atoms with E-state index in [1.165, 1.54) is 24.3 Å². The van der Waals surface area contributed by atoms with Crippen LogP contribution in [0.15, 0.2) is 85.0 Å². The molecule has 0 saturated carbocycles. The van der Waals surface area contributed by atoms with Gasteiger partial charge in [0.25, 0.3) is 0 Å². The lowest BCUT2D eigenvalue weighted by Gasteiger charge is -2.30. The molecule has 4 atom stereocenters. The highest BCUT2D eigenvalue weighted by atomic mass is 16.6. The lowest BCUT2D eigenvalue weighted by atomic mass is 10.0. The van der Waals surface area contributed by atoms with E-state index in [4.69, 9.17) is 18.9 Å². The van der Waals surface area contributed by atoms with Crippen molar-refractivity contribution in [1.82, 2.24) is 0 Å². The van der Waals surface area contributed by atoms with E-state index in [0.29, 0.717) is 6.42 Å². The van der Waals surface area contributed by atoms with E-state index in [1.54, 1.807) is 54.6 Å². The van der Waals surface area contributed by atoms with Gasteiger partial charge in [-0.3, -0.25) is 9.59 Å². The van der Waals surface area contributed by atoms with Crippen LogP contribution in [-0.2, 0) is 28.5 Å². The van der Waals surface area contributed by atoms with Crippen molar-refractivity contribution in [3.05, 3.63) is 96.1 Å². The smallest absolute Gasteiger partial charge is 0.338 e. The average Bonchev–Trinajstić information content (AvgIpc) is 2.93. The van der Waals surface area contributed by atoms with E-state index >= 15 is 0 Å². The molecule has 0 amide bonds. The molecule has 37 heavy (non-hydrogen) atoms. The van der Waals surface area contributed by atoms with E-state index < -0.39 is 61.3 Å². The summed E-state index contributed by atoms with van der Waals surface area (Å²) in [6.07, 6.45) is 2.95.